The molecule has 3 nitrogen and oxygen atoms in total. The minimum absolute atomic E-state index is 0.686. The Kier molecular flexibility index (Phi) is 4.21. The summed E-state index contributed by atoms with van der Waals surface area (Å²) in [4.78, 5) is 4.48. The number of fused-ring (bicyclic) bond motifs is 1. The molecule has 4 rings (SSSR count). The van der Waals surface area contributed by atoms with Gasteiger partial charge >= 0.3 is 0 Å². The molecule has 0 saturated carbocycles. The Morgan fingerprint density at radius 1 is 0.833 bits per heavy atom. The van der Waals surface area contributed by atoms with Crippen LogP contribution in [0.1, 0.15) is 5.56 Å². The largest absolute Gasteiger partial charge is 0.457 e. The Morgan fingerprint density at radius 3 is 2.50 bits per heavy atom. The fourth-order valence-electron chi connectivity index (χ4n) is 2.38. The average molecular weight is 333 g/mol. The Morgan fingerprint density at radius 2 is 1.62 bits per heavy atom. The zero-order valence-corrected chi connectivity index (χ0v) is 13.7. The lowest BCUT2D eigenvalue weighted by atomic mass is 10.2. The van der Waals surface area contributed by atoms with Crippen molar-refractivity contribution in [3.8, 4) is 11.5 Å². The standard InChI is InChI=1S/C20H15NO2S/c1-2-8-16(9-3-1)22-17-10-6-7-15(13-17)14-24-20-21-18-11-4-5-12-19(18)23-20/h1-13H,14H2. The number of rotatable bonds is 5. The Hall–Kier alpha value is -2.72. The number of hydrogen-bond donors (Lipinski definition) is 0. The van der Waals surface area contributed by atoms with Gasteiger partial charge in [0.2, 0.25) is 0 Å². The predicted molar refractivity (Wildman–Crippen MR) is 96.5 cm³/mol. The van der Waals surface area contributed by atoms with E-state index in [0.717, 1.165) is 33.9 Å². The van der Waals surface area contributed by atoms with Gasteiger partial charge in [-0.05, 0) is 42.0 Å². The third kappa shape index (κ3) is 3.44. The molecule has 0 unspecified atom stereocenters. The molecule has 1 aromatic heterocycles. The normalized spacial score (nSPS) is 10.8. The van der Waals surface area contributed by atoms with Gasteiger partial charge in [0, 0.05) is 5.75 Å². The van der Waals surface area contributed by atoms with E-state index >= 15 is 0 Å². The van der Waals surface area contributed by atoms with Crippen molar-refractivity contribution < 1.29 is 9.15 Å². The molecule has 1 heterocycles. The first-order chi connectivity index (χ1) is 11.9. The van der Waals surface area contributed by atoms with Crippen LogP contribution in [0.4, 0.5) is 0 Å². The SMILES string of the molecule is c1ccc(Oc2cccc(CSc3nc4ccccc4o3)c2)cc1. The van der Waals surface area contributed by atoms with Crippen LogP contribution < -0.4 is 4.74 Å². The maximum atomic E-state index is 5.87. The van der Waals surface area contributed by atoms with Crippen molar-refractivity contribution >= 4 is 22.9 Å². The second-order valence-electron chi connectivity index (χ2n) is 5.30. The minimum atomic E-state index is 0.686. The van der Waals surface area contributed by atoms with Crippen LogP contribution in [0.5, 0.6) is 11.5 Å². The number of oxazole rings is 1. The van der Waals surface area contributed by atoms with Crippen LogP contribution in [-0.2, 0) is 5.75 Å². The third-order valence-corrected chi connectivity index (χ3v) is 4.41. The van der Waals surface area contributed by atoms with Crippen molar-refractivity contribution in [2.45, 2.75) is 11.0 Å². The van der Waals surface area contributed by atoms with Gasteiger partial charge in [-0.2, -0.15) is 0 Å². The molecular weight excluding hydrogens is 318 g/mol. The van der Waals surface area contributed by atoms with E-state index < -0.39 is 0 Å². The molecule has 4 heteroatoms. The van der Waals surface area contributed by atoms with E-state index in [1.54, 1.807) is 11.8 Å². The van der Waals surface area contributed by atoms with Crippen LogP contribution in [0.3, 0.4) is 0 Å². The smallest absolute Gasteiger partial charge is 0.257 e. The fraction of sp³-hybridized carbons (Fsp3) is 0.0500. The highest BCUT2D eigenvalue weighted by Crippen LogP contribution is 2.28. The van der Waals surface area contributed by atoms with Crippen molar-refractivity contribution in [1.82, 2.24) is 4.98 Å². The van der Waals surface area contributed by atoms with Crippen molar-refractivity contribution in [3.05, 3.63) is 84.4 Å². The van der Waals surface area contributed by atoms with Crippen molar-refractivity contribution in [1.29, 1.82) is 0 Å². The summed E-state index contributed by atoms with van der Waals surface area (Å²) in [5.74, 6) is 2.44. The summed E-state index contributed by atoms with van der Waals surface area (Å²) in [6.45, 7) is 0. The minimum Gasteiger partial charge on any atom is -0.457 e. The van der Waals surface area contributed by atoms with Gasteiger partial charge in [-0.3, -0.25) is 0 Å². The van der Waals surface area contributed by atoms with Crippen LogP contribution in [0.2, 0.25) is 0 Å². The lowest BCUT2D eigenvalue weighted by Gasteiger charge is -2.07. The number of para-hydroxylation sites is 3. The molecule has 0 bridgehead atoms. The summed E-state index contributed by atoms with van der Waals surface area (Å²) >= 11 is 1.58. The quantitative estimate of drug-likeness (QED) is 0.425. The second kappa shape index (κ2) is 6.81. The highest BCUT2D eigenvalue weighted by atomic mass is 32.2. The summed E-state index contributed by atoms with van der Waals surface area (Å²) in [5.41, 5.74) is 2.87. The van der Waals surface area contributed by atoms with Gasteiger partial charge < -0.3 is 9.15 Å². The Balaban J connectivity index is 1.45. The molecule has 24 heavy (non-hydrogen) atoms. The highest BCUT2D eigenvalue weighted by Gasteiger charge is 2.06. The van der Waals surface area contributed by atoms with Crippen LogP contribution in [0.15, 0.2) is 88.5 Å². The monoisotopic (exact) mass is 333 g/mol. The molecule has 0 amide bonds. The first-order valence-corrected chi connectivity index (χ1v) is 8.66. The lowest BCUT2D eigenvalue weighted by Crippen LogP contribution is -1.86. The van der Waals surface area contributed by atoms with E-state index in [1.165, 1.54) is 0 Å². The number of thioether (sulfide) groups is 1. The molecule has 118 valence electrons. The predicted octanol–water partition coefficient (Wildman–Crippen LogP) is 5.91. The number of ether oxygens (including phenoxy) is 1. The van der Waals surface area contributed by atoms with Crippen LogP contribution in [0, 0.1) is 0 Å². The fourth-order valence-corrected chi connectivity index (χ4v) is 3.16. The summed E-state index contributed by atoms with van der Waals surface area (Å²) in [7, 11) is 0. The number of nitrogens with zero attached hydrogens (tertiary/aromatic N) is 1. The van der Waals surface area contributed by atoms with Crippen LogP contribution in [0.25, 0.3) is 11.1 Å². The average Bonchev–Trinajstić information content (AvgIpc) is 3.04. The van der Waals surface area contributed by atoms with Crippen molar-refractivity contribution in [3.63, 3.8) is 0 Å². The lowest BCUT2D eigenvalue weighted by molar-refractivity contribution is 0.482. The zero-order valence-electron chi connectivity index (χ0n) is 12.9. The van der Waals surface area contributed by atoms with Gasteiger partial charge in [-0.15, -0.1) is 0 Å². The third-order valence-electron chi connectivity index (χ3n) is 3.51. The Bertz CT molecular complexity index is 917. The van der Waals surface area contributed by atoms with Gasteiger partial charge in [0.25, 0.3) is 5.22 Å². The van der Waals surface area contributed by atoms with E-state index in [4.69, 9.17) is 9.15 Å². The van der Waals surface area contributed by atoms with Crippen molar-refractivity contribution in [2.75, 3.05) is 0 Å². The molecule has 0 N–H and O–H groups in total. The van der Waals surface area contributed by atoms with E-state index in [1.807, 2.05) is 72.8 Å². The topological polar surface area (TPSA) is 35.3 Å². The van der Waals surface area contributed by atoms with Crippen molar-refractivity contribution in [2.24, 2.45) is 0 Å². The summed E-state index contributed by atoms with van der Waals surface area (Å²) in [6, 6.07) is 25.7. The number of benzene rings is 3. The van der Waals surface area contributed by atoms with Gasteiger partial charge in [-0.25, -0.2) is 4.98 Å². The highest BCUT2D eigenvalue weighted by molar-refractivity contribution is 7.98. The van der Waals surface area contributed by atoms with Gasteiger partial charge in [0.1, 0.15) is 17.0 Å². The molecule has 0 aliphatic carbocycles. The molecule has 0 fully saturated rings. The first kappa shape index (κ1) is 14.8. The van der Waals surface area contributed by atoms with Crippen LogP contribution in [-0.4, -0.2) is 4.98 Å². The molecule has 0 aliphatic rings. The van der Waals surface area contributed by atoms with Crippen LogP contribution >= 0.6 is 11.8 Å². The molecule has 0 radical (unpaired) electrons. The summed E-state index contributed by atoms with van der Waals surface area (Å²) in [5, 5.41) is 0.686. The van der Waals surface area contributed by atoms with E-state index in [0.29, 0.717) is 5.22 Å². The summed E-state index contributed by atoms with van der Waals surface area (Å²) in [6.07, 6.45) is 0. The molecule has 4 aromatic rings. The number of aromatic nitrogens is 1. The molecule has 0 saturated heterocycles. The Labute approximate surface area is 144 Å². The van der Waals surface area contributed by atoms with E-state index in [-0.39, 0.29) is 0 Å². The number of hydrogen-bond acceptors (Lipinski definition) is 4. The molecular formula is C20H15NO2S. The van der Waals surface area contributed by atoms with Gasteiger partial charge in [-0.1, -0.05) is 54.2 Å². The molecule has 0 spiro atoms. The maximum Gasteiger partial charge on any atom is 0.257 e. The van der Waals surface area contributed by atoms with E-state index in [2.05, 4.69) is 11.1 Å². The zero-order chi connectivity index (χ0) is 16.2. The molecule has 0 atom stereocenters. The maximum absolute atomic E-state index is 5.87. The molecule has 3 aromatic carbocycles. The van der Waals surface area contributed by atoms with Gasteiger partial charge in [0.05, 0.1) is 0 Å². The second-order valence-corrected chi connectivity index (χ2v) is 6.23. The van der Waals surface area contributed by atoms with E-state index in [9.17, 15) is 0 Å². The molecule has 0 aliphatic heterocycles. The summed E-state index contributed by atoms with van der Waals surface area (Å²) < 4.78 is 11.6. The first-order valence-electron chi connectivity index (χ1n) is 7.67. The van der Waals surface area contributed by atoms with Gasteiger partial charge in [0.15, 0.2) is 5.58 Å².